The first-order chi connectivity index (χ1) is 11.2. The van der Waals surface area contributed by atoms with Crippen LogP contribution in [0.1, 0.15) is 15.9 Å². The van der Waals surface area contributed by atoms with E-state index < -0.39 is 33.0 Å². The Labute approximate surface area is 144 Å². The third-order valence-electron chi connectivity index (χ3n) is 3.13. The van der Waals surface area contributed by atoms with Crippen LogP contribution in [-0.4, -0.2) is 22.4 Å². The van der Waals surface area contributed by atoms with Gasteiger partial charge >= 0.3 is 6.03 Å². The Kier molecular flexibility index (Phi) is 5.36. The Morgan fingerprint density at radius 2 is 1.79 bits per heavy atom. The minimum Gasteiger partial charge on any atom is -0.271 e. The molecule has 0 heterocycles. The Morgan fingerprint density at radius 1 is 1.17 bits per heavy atom. The highest BCUT2D eigenvalue weighted by molar-refractivity contribution is 7.93. The molecule has 24 heavy (non-hydrogen) atoms. The number of aryl methyl sites for hydroxylation is 1. The van der Waals surface area contributed by atoms with Gasteiger partial charge in [0.05, 0.1) is 20.3 Å². The first kappa shape index (κ1) is 18.1. The zero-order valence-corrected chi connectivity index (χ0v) is 14.5. The molecule has 0 radical (unpaired) electrons. The molecule has 126 valence electrons. The van der Waals surface area contributed by atoms with Crippen LogP contribution in [0.15, 0.2) is 51.7 Å². The van der Waals surface area contributed by atoms with E-state index in [1.807, 2.05) is 12.2 Å². The normalized spacial score (nSPS) is 13.0. The van der Waals surface area contributed by atoms with E-state index in [0.29, 0.717) is 4.90 Å². The molecule has 5 nitrogen and oxygen atoms in total. The molecule has 0 aliphatic rings. The van der Waals surface area contributed by atoms with Gasteiger partial charge in [-0.2, -0.15) is 0 Å². The average molecular weight is 369 g/mol. The molecule has 0 aliphatic carbocycles. The molecular formula is C16H14ClFN2O3S. The lowest BCUT2D eigenvalue weighted by atomic mass is 10.2. The molecule has 8 heteroatoms. The number of nitrogens with one attached hydrogen (secondary N) is 1. The molecule has 1 N–H and O–H groups in total. The van der Waals surface area contributed by atoms with Crippen molar-refractivity contribution in [1.82, 2.24) is 5.32 Å². The number of benzene rings is 2. The Morgan fingerprint density at radius 3 is 2.38 bits per heavy atom. The Balaban J connectivity index is 2.25. The van der Waals surface area contributed by atoms with Gasteiger partial charge in [-0.3, -0.25) is 10.1 Å². The van der Waals surface area contributed by atoms with Crippen LogP contribution in [-0.2, 0) is 9.73 Å². The van der Waals surface area contributed by atoms with Gasteiger partial charge in [0.1, 0.15) is 5.82 Å². The zero-order valence-electron chi connectivity index (χ0n) is 12.9. The van der Waals surface area contributed by atoms with Gasteiger partial charge in [-0.05, 0) is 31.2 Å². The van der Waals surface area contributed by atoms with Crippen molar-refractivity contribution in [2.45, 2.75) is 11.8 Å². The number of nitrogens with zero attached hydrogens (tertiary/aromatic N) is 1. The third-order valence-corrected chi connectivity index (χ3v) is 5.10. The maximum Gasteiger partial charge on any atom is 0.356 e. The molecule has 2 rings (SSSR count). The van der Waals surface area contributed by atoms with Crippen molar-refractivity contribution in [3.8, 4) is 0 Å². The number of carbonyl (C=O) groups is 2. The third kappa shape index (κ3) is 4.18. The second-order valence-electron chi connectivity index (χ2n) is 5.06. The van der Waals surface area contributed by atoms with Crippen molar-refractivity contribution in [1.29, 1.82) is 0 Å². The molecule has 0 spiro atoms. The fraction of sp³-hybridized carbons (Fsp3) is 0.125. The number of imide groups is 1. The number of amides is 3. The molecule has 2 aromatic rings. The molecule has 1 unspecified atom stereocenters. The fourth-order valence-electron chi connectivity index (χ4n) is 1.90. The van der Waals surface area contributed by atoms with Crippen LogP contribution < -0.4 is 5.32 Å². The van der Waals surface area contributed by atoms with E-state index in [2.05, 4.69) is 4.36 Å². The lowest BCUT2D eigenvalue weighted by molar-refractivity contribution is 0.0962. The minimum atomic E-state index is -3.04. The standard InChI is InChI=1S/C16H14ClFN2O3S/c1-10-6-8-11(9-7-10)24(2,23)20-16(22)19-15(21)14-12(17)4-3-5-13(14)18/h3-9H,1-2H3,(H,19,21,22). The smallest absolute Gasteiger partial charge is 0.271 e. The molecule has 0 saturated carbocycles. The lowest BCUT2D eigenvalue weighted by Crippen LogP contribution is -2.29. The summed E-state index contributed by atoms with van der Waals surface area (Å²) in [7, 11) is -3.04. The molecule has 1 atom stereocenters. The molecule has 0 fully saturated rings. The maximum absolute atomic E-state index is 13.6. The van der Waals surface area contributed by atoms with Gasteiger partial charge in [-0.15, -0.1) is 4.36 Å². The van der Waals surface area contributed by atoms with Crippen LogP contribution >= 0.6 is 11.6 Å². The van der Waals surface area contributed by atoms with E-state index in [9.17, 15) is 18.2 Å². The van der Waals surface area contributed by atoms with Gasteiger partial charge < -0.3 is 0 Å². The number of carbonyl (C=O) groups excluding carboxylic acids is 2. The van der Waals surface area contributed by atoms with Crippen LogP contribution in [0.2, 0.25) is 5.02 Å². The molecule has 0 bridgehead atoms. The van der Waals surface area contributed by atoms with Gasteiger partial charge in [-0.1, -0.05) is 35.4 Å². The number of urea groups is 1. The van der Waals surface area contributed by atoms with Crippen molar-refractivity contribution in [3.63, 3.8) is 0 Å². The van der Waals surface area contributed by atoms with E-state index >= 15 is 0 Å². The highest BCUT2D eigenvalue weighted by atomic mass is 35.5. The highest BCUT2D eigenvalue weighted by Crippen LogP contribution is 2.19. The van der Waals surface area contributed by atoms with E-state index in [1.165, 1.54) is 18.4 Å². The summed E-state index contributed by atoms with van der Waals surface area (Å²) < 4.78 is 29.7. The minimum absolute atomic E-state index is 0.143. The van der Waals surface area contributed by atoms with Crippen LogP contribution in [0.4, 0.5) is 9.18 Å². The SMILES string of the molecule is Cc1ccc(S(C)(=O)=NC(=O)NC(=O)c2c(F)cccc2Cl)cc1. The predicted molar refractivity (Wildman–Crippen MR) is 90.2 cm³/mol. The summed E-state index contributed by atoms with van der Waals surface area (Å²) in [4.78, 5) is 24.2. The highest BCUT2D eigenvalue weighted by Gasteiger charge is 2.19. The Bertz CT molecular complexity index is 899. The van der Waals surface area contributed by atoms with E-state index in [1.54, 1.807) is 24.3 Å². The summed E-state index contributed by atoms with van der Waals surface area (Å²) in [5, 5.41) is 1.72. The van der Waals surface area contributed by atoms with E-state index in [0.717, 1.165) is 11.6 Å². The van der Waals surface area contributed by atoms with Gasteiger partial charge in [0.25, 0.3) is 5.91 Å². The van der Waals surface area contributed by atoms with E-state index in [-0.39, 0.29) is 5.02 Å². The van der Waals surface area contributed by atoms with Crippen molar-refractivity contribution < 1.29 is 18.2 Å². The van der Waals surface area contributed by atoms with Crippen LogP contribution in [0.3, 0.4) is 0 Å². The van der Waals surface area contributed by atoms with Gasteiger partial charge in [0.15, 0.2) is 0 Å². The van der Waals surface area contributed by atoms with Gasteiger partial charge in [0, 0.05) is 11.2 Å². The average Bonchev–Trinajstić information content (AvgIpc) is 2.46. The van der Waals surface area contributed by atoms with Crippen molar-refractivity contribution in [2.75, 3.05) is 6.26 Å². The number of hydrogen-bond acceptors (Lipinski definition) is 3. The maximum atomic E-state index is 13.6. The quantitative estimate of drug-likeness (QED) is 0.876. The Hall–Kier alpha value is -2.25. The van der Waals surface area contributed by atoms with Crippen molar-refractivity contribution in [2.24, 2.45) is 4.36 Å². The second kappa shape index (κ2) is 7.11. The van der Waals surface area contributed by atoms with Crippen molar-refractivity contribution >= 4 is 33.3 Å². The topological polar surface area (TPSA) is 75.6 Å². The van der Waals surface area contributed by atoms with E-state index in [4.69, 9.17) is 11.6 Å². The molecular weight excluding hydrogens is 355 g/mol. The largest absolute Gasteiger partial charge is 0.356 e. The number of hydrogen-bond donors (Lipinski definition) is 1. The second-order valence-corrected chi connectivity index (χ2v) is 7.73. The molecule has 2 aromatic carbocycles. The van der Waals surface area contributed by atoms with Crippen LogP contribution in [0, 0.1) is 12.7 Å². The van der Waals surface area contributed by atoms with Crippen LogP contribution in [0.25, 0.3) is 0 Å². The summed E-state index contributed by atoms with van der Waals surface area (Å²) in [5.41, 5.74) is 0.489. The zero-order chi connectivity index (χ0) is 17.9. The monoisotopic (exact) mass is 368 g/mol. The lowest BCUT2D eigenvalue weighted by Gasteiger charge is -2.07. The summed E-state index contributed by atoms with van der Waals surface area (Å²) in [6, 6.07) is 9.19. The number of halogens is 2. The van der Waals surface area contributed by atoms with Crippen molar-refractivity contribution in [3.05, 3.63) is 64.4 Å². The first-order valence-corrected chi connectivity index (χ1v) is 9.09. The van der Waals surface area contributed by atoms with Crippen LogP contribution in [0.5, 0.6) is 0 Å². The van der Waals surface area contributed by atoms with Gasteiger partial charge in [0.2, 0.25) is 0 Å². The summed E-state index contributed by atoms with van der Waals surface area (Å²) in [6.07, 6.45) is 1.28. The summed E-state index contributed by atoms with van der Waals surface area (Å²) in [6.45, 7) is 1.86. The molecule has 0 aliphatic heterocycles. The first-order valence-electron chi connectivity index (χ1n) is 6.79. The fourth-order valence-corrected chi connectivity index (χ4v) is 3.26. The predicted octanol–water partition coefficient (Wildman–Crippen LogP) is 3.79. The molecule has 3 amide bonds. The number of rotatable bonds is 2. The molecule has 0 saturated heterocycles. The molecule has 0 aromatic heterocycles. The summed E-state index contributed by atoms with van der Waals surface area (Å²) in [5.74, 6) is -1.92. The summed E-state index contributed by atoms with van der Waals surface area (Å²) >= 11 is 5.75. The van der Waals surface area contributed by atoms with Gasteiger partial charge in [-0.25, -0.2) is 13.4 Å².